The summed E-state index contributed by atoms with van der Waals surface area (Å²) in [5.74, 6) is -2.13. The number of ketones is 1. The Morgan fingerprint density at radius 2 is 1.96 bits per heavy atom. The summed E-state index contributed by atoms with van der Waals surface area (Å²) in [6.07, 6.45) is 1.45. The molecule has 0 N–H and O–H groups in total. The quantitative estimate of drug-likeness (QED) is 0.590. The molecule has 0 aliphatic carbocycles. The van der Waals surface area contributed by atoms with Gasteiger partial charge in [-0.05, 0) is 44.5 Å². The first-order valence-corrected chi connectivity index (χ1v) is 10.1. The molecule has 0 saturated carbocycles. The number of esters is 1. The molecule has 1 atom stereocenters. The highest BCUT2D eigenvalue weighted by atomic mass is 32.2. The lowest BCUT2D eigenvalue weighted by atomic mass is 9.96. The number of benzene rings is 1. The molecule has 0 amide bonds. The lowest BCUT2D eigenvalue weighted by Gasteiger charge is -2.23. The molecule has 142 valence electrons. The number of pyridine rings is 1. The van der Waals surface area contributed by atoms with E-state index in [-0.39, 0.29) is 35.8 Å². The van der Waals surface area contributed by atoms with Gasteiger partial charge in [-0.15, -0.1) is 0 Å². The molecule has 0 fully saturated rings. The number of aromatic nitrogens is 1. The number of carbonyl (C=O) groups is 2. The summed E-state index contributed by atoms with van der Waals surface area (Å²) in [7, 11) is -3.93. The molecule has 0 saturated heterocycles. The maximum Gasteiger partial charge on any atom is 0.316 e. The third-order valence-electron chi connectivity index (χ3n) is 4.41. The topological polar surface area (TPSA) is 93.6 Å². The number of ether oxygens (including phenoxy) is 1. The van der Waals surface area contributed by atoms with Gasteiger partial charge in [-0.1, -0.05) is 17.7 Å². The lowest BCUT2D eigenvalue weighted by molar-refractivity contribution is -0.146. The van der Waals surface area contributed by atoms with Crippen LogP contribution in [0, 0.1) is 12.8 Å². The molecular weight excluding hydrogens is 368 g/mol. The summed E-state index contributed by atoms with van der Waals surface area (Å²) in [6.45, 7) is 3.62. The van der Waals surface area contributed by atoms with E-state index >= 15 is 0 Å². The Labute approximate surface area is 158 Å². The number of anilines is 1. The van der Waals surface area contributed by atoms with Gasteiger partial charge < -0.3 is 4.74 Å². The Kier molecular flexibility index (Phi) is 5.27. The molecule has 3 rings (SSSR count). The number of nitrogens with zero attached hydrogens (tertiary/aromatic N) is 2. The van der Waals surface area contributed by atoms with E-state index in [9.17, 15) is 18.0 Å². The third kappa shape index (κ3) is 3.57. The molecule has 1 aliphatic rings. The Morgan fingerprint density at radius 1 is 1.26 bits per heavy atom. The fourth-order valence-corrected chi connectivity index (χ4v) is 4.45. The van der Waals surface area contributed by atoms with Crippen LogP contribution >= 0.6 is 0 Å². The van der Waals surface area contributed by atoms with Crippen molar-refractivity contribution in [3.63, 3.8) is 0 Å². The number of Topliss-reactive ketones (excluding diaryl/α,β-unsaturated/α-hetero) is 1. The molecule has 1 aromatic carbocycles. The average molecular weight is 388 g/mol. The van der Waals surface area contributed by atoms with Crippen molar-refractivity contribution in [2.75, 3.05) is 17.5 Å². The standard InChI is InChI=1S/C19H20N2O5S/c1-3-26-19(23)16-10-12-21(18-15(17(16)22)5-4-11-20-18)27(24,25)14-8-6-13(2)7-9-14/h4-9,11,16H,3,10,12H2,1-2H3. The van der Waals surface area contributed by atoms with Crippen LogP contribution in [0.2, 0.25) is 0 Å². The molecular formula is C19H20N2O5S. The largest absolute Gasteiger partial charge is 0.465 e. The maximum atomic E-state index is 13.2. The Morgan fingerprint density at radius 3 is 2.63 bits per heavy atom. The highest BCUT2D eigenvalue weighted by molar-refractivity contribution is 7.92. The molecule has 0 radical (unpaired) electrons. The van der Waals surface area contributed by atoms with Gasteiger partial charge in [-0.2, -0.15) is 0 Å². The molecule has 8 heteroatoms. The van der Waals surface area contributed by atoms with Crippen LogP contribution in [0.4, 0.5) is 5.82 Å². The zero-order valence-electron chi connectivity index (χ0n) is 15.1. The summed E-state index contributed by atoms with van der Waals surface area (Å²) < 4.78 is 32.5. The minimum Gasteiger partial charge on any atom is -0.465 e. The predicted octanol–water partition coefficient (Wildman–Crippen LogP) is 2.35. The number of rotatable bonds is 4. The highest BCUT2D eigenvalue weighted by Crippen LogP contribution is 2.32. The SMILES string of the molecule is CCOC(=O)C1CCN(S(=O)(=O)c2ccc(C)cc2)c2ncccc2C1=O. The summed E-state index contributed by atoms with van der Waals surface area (Å²) in [5, 5.41) is 0. The zero-order chi connectivity index (χ0) is 19.6. The minimum absolute atomic E-state index is 0.0269. The molecule has 2 aromatic rings. The van der Waals surface area contributed by atoms with Crippen LogP contribution in [-0.2, 0) is 19.6 Å². The molecule has 2 heterocycles. The van der Waals surface area contributed by atoms with Crippen molar-refractivity contribution in [3.05, 3.63) is 53.7 Å². The predicted molar refractivity (Wildman–Crippen MR) is 99.0 cm³/mol. The van der Waals surface area contributed by atoms with Crippen molar-refractivity contribution in [1.82, 2.24) is 4.98 Å². The highest BCUT2D eigenvalue weighted by Gasteiger charge is 2.39. The first-order valence-electron chi connectivity index (χ1n) is 8.61. The molecule has 0 spiro atoms. The van der Waals surface area contributed by atoms with Crippen molar-refractivity contribution in [2.45, 2.75) is 25.2 Å². The smallest absolute Gasteiger partial charge is 0.316 e. The van der Waals surface area contributed by atoms with E-state index in [0.717, 1.165) is 9.87 Å². The monoisotopic (exact) mass is 388 g/mol. The summed E-state index contributed by atoms with van der Waals surface area (Å²) >= 11 is 0. The van der Waals surface area contributed by atoms with Crippen molar-refractivity contribution in [2.24, 2.45) is 5.92 Å². The normalized spacial score (nSPS) is 17.2. The van der Waals surface area contributed by atoms with Gasteiger partial charge in [-0.3, -0.25) is 9.59 Å². The van der Waals surface area contributed by atoms with Crippen molar-refractivity contribution in [1.29, 1.82) is 0 Å². The number of aryl methyl sites for hydroxylation is 1. The number of sulfonamides is 1. The fourth-order valence-electron chi connectivity index (χ4n) is 3.00. The molecule has 1 unspecified atom stereocenters. The van der Waals surface area contributed by atoms with E-state index in [1.54, 1.807) is 25.1 Å². The average Bonchev–Trinajstić information content (AvgIpc) is 2.80. The molecule has 1 aromatic heterocycles. The van der Waals surface area contributed by atoms with Gasteiger partial charge in [0.2, 0.25) is 0 Å². The van der Waals surface area contributed by atoms with Crippen LogP contribution in [0.5, 0.6) is 0 Å². The number of carbonyl (C=O) groups excluding carboxylic acids is 2. The van der Waals surface area contributed by atoms with Crippen LogP contribution in [0.25, 0.3) is 0 Å². The second-order valence-electron chi connectivity index (χ2n) is 6.22. The van der Waals surface area contributed by atoms with Crippen LogP contribution in [0.1, 0.15) is 29.3 Å². The Bertz CT molecular complexity index is 970. The van der Waals surface area contributed by atoms with Gasteiger partial charge in [-0.25, -0.2) is 17.7 Å². The summed E-state index contributed by atoms with van der Waals surface area (Å²) in [5.41, 5.74) is 1.03. The summed E-state index contributed by atoms with van der Waals surface area (Å²) in [4.78, 5) is 29.3. The van der Waals surface area contributed by atoms with E-state index in [1.807, 2.05) is 6.92 Å². The Balaban J connectivity index is 2.07. The molecule has 0 bridgehead atoms. The van der Waals surface area contributed by atoms with Gasteiger partial charge >= 0.3 is 5.97 Å². The fraction of sp³-hybridized carbons (Fsp3) is 0.316. The number of hydrogen-bond acceptors (Lipinski definition) is 6. The van der Waals surface area contributed by atoms with Gasteiger partial charge in [0.1, 0.15) is 5.92 Å². The van der Waals surface area contributed by atoms with Gasteiger partial charge in [0.25, 0.3) is 10.0 Å². The van der Waals surface area contributed by atoms with E-state index in [0.29, 0.717) is 0 Å². The third-order valence-corrected chi connectivity index (χ3v) is 6.21. The van der Waals surface area contributed by atoms with Gasteiger partial charge in [0.15, 0.2) is 11.6 Å². The van der Waals surface area contributed by atoms with Crippen molar-refractivity contribution >= 4 is 27.6 Å². The number of fused-ring (bicyclic) bond motifs is 1. The van der Waals surface area contributed by atoms with Crippen LogP contribution in [0.3, 0.4) is 0 Å². The molecule has 1 aliphatic heterocycles. The molecule has 7 nitrogen and oxygen atoms in total. The van der Waals surface area contributed by atoms with Crippen molar-refractivity contribution in [3.8, 4) is 0 Å². The van der Waals surface area contributed by atoms with Crippen molar-refractivity contribution < 1.29 is 22.7 Å². The van der Waals surface area contributed by atoms with Gasteiger partial charge in [0, 0.05) is 12.7 Å². The maximum absolute atomic E-state index is 13.2. The van der Waals surface area contributed by atoms with Gasteiger partial charge in [0.05, 0.1) is 17.1 Å². The second kappa shape index (κ2) is 7.48. The van der Waals surface area contributed by atoms with E-state index < -0.39 is 27.7 Å². The Hall–Kier alpha value is -2.74. The van der Waals surface area contributed by atoms with E-state index in [1.165, 1.54) is 24.4 Å². The van der Waals surface area contributed by atoms with Crippen LogP contribution in [-0.4, -0.2) is 38.3 Å². The first kappa shape index (κ1) is 19.0. The van der Waals surface area contributed by atoms with E-state index in [2.05, 4.69) is 4.98 Å². The summed E-state index contributed by atoms with van der Waals surface area (Å²) in [6, 6.07) is 9.47. The second-order valence-corrected chi connectivity index (χ2v) is 8.08. The lowest BCUT2D eigenvalue weighted by Crippen LogP contribution is -2.33. The van der Waals surface area contributed by atoms with Crippen LogP contribution < -0.4 is 4.31 Å². The minimum atomic E-state index is -3.93. The zero-order valence-corrected chi connectivity index (χ0v) is 15.9. The van der Waals surface area contributed by atoms with E-state index in [4.69, 9.17) is 4.74 Å². The molecule has 27 heavy (non-hydrogen) atoms. The first-order chi connectivity index (χ1) is 12.9. The van der Waals surface area contributed by atoms with Crippen LogP contribution in [0.15, 0.2) is 47.5 Å². The number of hydrogen-bond donors (Lipinski definition) is 0.